The second-order valence-electron chi connectivity index (χ2n) is 5.63. The highest BCUT2D eigenvalue weighted by molar-refractivity contribution is 7.10. The van der Waals surface area contributed by atoms with Gasteiger partial charge in [0, 0.05) is 11.4 Å². The van der Waals surface area contributed by atoms with E-state index in [2.05, 4.69) is 18.7 Å². The molecule has 0 spiro atoms. The van der Waals surface area contributed by atoms with E-state index in [1.54, 1.807) is 0 Å². The van der Waals surface area contributed by atoms with Gasteiger partial charge in [0.1, 0.15) is 12.4 Å². The van der Waals surface area contributed by atoms with Crippen LogP contribution >= 0.6 is 11.3 Å². The van der Waals surface area contributed by atoms with E-state index in [-0.39, 0.29) is 0 Å². The lowest BCUT2D eigenvalue weighted by molar-refractivity contribution is -0.138. The first-order valence-electron chi connectivity index (χ1n) is 8.34. The number of nitrogens with zero attached hydrogens (tertiary/aromatic N) is 1. The van der Waals surface area contributed by atoms with Crippen molar-refractivity contribution in [1.82, 2.24) is 4.90 Å². The summed E-state index contributed by atoms with van der Waals surface area (Å²) in [6, 6.07) is 11.5. The number of rotatable bonds is 10. The number of ether oxygens (including phenoxy) is 1. The smallest absolute Gasteiger partial charge is 0.312 e. The van der Waals surface area contributed by atoms with Crippen molar-refractivity contribution in [2.24, 2.45) is 0 Å². The lowest BCUT2D eigenvalue weighted by Crippen LogP contribution is -2.27. The van der Waals surface area contributed by atoms with Crippen LogP contribution in [-0.2, 0) is 11.2 Å². The second-order valence-corrected chi connectivity index (χ2v) is 6.61. The van der Waals surface area contributed by atoms with E-state index in [4.69, 9.17) is 4.74 Å². The topological polar surface area (TPSA) is 49.8 Å². The fraction of sp³-hybridized carbons (Fsp3) is 0.421. The molecule has 2 rings (SSSR count). The summed E-state index contributed by atoms with van der Waals surface area (Å²) in [6.45, 7) is 7.84. The molecule has 0 aliphatic heterocycles. The third-order valence-electron chi connectivity index (χ3n) is 4.09. The van der Waals surface area contributed by atoms with Crippen LogP contribution < -0.4 is 4.74 Å². The first kappa shape index (κ1) is 18.5. The molecule has 0 bridgehead atoms. The Morgan fingerprint density at radius 3 is 2.67 bits per heavy atom. The van der Waals surface area contributed by atoms with Crippen LogP contribution in [0.2, 0.25) is 0 Å². The highest BCUT2D eigenvalue weighted by Crippen LogP contribution is 2.26. The van der Waals surface area contributed by atoms with Gasteiger partial charge in [0.15, 0.2) is 0 Å². The van der Waals surface area contributed by atoms with E-state index in [0.29, 0.717) is 13.0 Å². The summed E-state index contributed by atoms with van der Waals surface area (Å²) < 4.78 is 5.83. The number of carbonyl (C=O) groups is 1. The van der Waals surface area contributed by atoms with Crippen molar-refractivity contribution in [3.63, 3.8) is 0 Å². The third kappa shape index (κ3) is 5.35. The van der Waals surface area contributed by atoms with Gasteiger partial charge in [-0.25, -0.2) is 0 Å². The fourth-order valence-corrected chi connectivity index (χ4v) is 3.45. The quantitative estimate of drug-likeness (QED) is 0.709. The number of likely N-dealkylation sites (N-methyl/N-ethyl adjacent to an activating group) is 1. The van der Waals surface area contributed by atoms with Gasteiger partial charge in [-0.15, -0.1) is 11.3 Å². The molecule has 1 N–H and O–H groups in total. The van der Waals surface area contributed by atoms with E-state index in [0.717, 1.165) is 35.8 Å². The molecular weight excluding hydrogens is 322 g/mol. The first-order valence-corrected chi connectivity index (χ1v) is 9.22. The molecule has 1 unspecified atom stereocenters. The number of hydrogen-bond acceptors (Lipinski definition) is 4. The van der Waals surface area contributed by atoms with Crippen LogP contribution in [0.25, 0.3) is 0 Å². The average Bonchev–Trinajstić information content (AvgIpc) is 3.11. The fourth-order valence-electron chi connectivity index (χ4n) is 2.63. The van der Waals surface area contributed by atoms with Gasteiger partial charge in [0.25, 0.3) is 0 Å². The molecule has 0 aliphatic carbocycles. The number of aliphatic carboxylic acids is 1. The summed E-state index contributed by atoms with van der Waals surface area (Å²) in [6.07, 6.45) is 0.475. The summed E-state index contributed by atoms with van der Waals surface area (Å²) in [5.74, 6) is -0.490. The Balaban J connectivity index is 1.98. The van der Waals surface area contributed by atoms with Crippen molar-refractivity contribution in [1.29, 1.82) is 0 Å². The average molecular weight is 347 g/mol. The first-order chi connectivity index (χ1) is 11.6. The van der Waals surface area contributed by atoms with Gasteiger partial charge in [0.2, 0.25) is 0 Å². The number of benzene rings is 1. The molecule has 24 heavy (non-hydrogen) atoms. The molecule has 0 fully saturated rings. The minimum absolute atomic E-state index is 0.475. The van der Waals surface area contributed by atoms with Crippen molar-refractivity contribution < 1.29 is 14.6 Å². The standard InChI is InChI=1S/C19H25NO3S/c1-3-20(4-2)10-11-23-16-8-5-7-15(13-16)14-17(19(21)22)18-9-6-12-24-18/h5-9,12-13,17H,3-4,10-11,14H2,1-2H3,(H,21,22). The molecule has 0 saturated heterocycles. The van der Waals surface area contributed by atoms with Gasteiger partial charge in [-0.1, -0.05) is 32.0 Å². The van der Waals surface area contributed by atoms with Crippen molar-refractivity contribution >= 4 is 17.3 Å². The van der Waals surface area contributed by atoms with Gasteiger partial charge < -0.3 is 14.7 Å². The Morgan fingerprint density at radius 2 is 2.04 bits per heavy atom. The molecule has 0 saturated carbocycles. The number of carboxylic acids is 1. The maximum Gasteiger partial charge on any atom is 0.312 e. The van der Waals surface area contributed by atoms with E-state index < -0.39 is 11.9 Å². The van der Waals surface area contributed by atoms with Crippen LogP contribution in [-0.4, -0.2) is 42.2 Å². The number of hydrogen-bond donors (Lipinski definition) is 1. The van der Waals surface area contributed by atoms with Gasteiger partial charge in [-0.05, 0) is 48.7 Å². The van der Waals surface area contributed by atoms with E-state index in [1.807, 2.05) is 41.8 Å². The lowest BCUT2D eigenvalue weighted by atomic mass is 9.98. The van der Waals surface area contributed by atoms with Crippen LogP contribution in [0, 0.1) is 0 Å². The lowest BCUT2D eigenvalue weighted by Gasteiger charge is -2.18. The molecule has 130 valence electrons. The van der Waals surface area contributed by atoms with Gasteiger partial charge in [0.05, 0.1) is 5.92 Å². The molecule has 2 aromatic rings. The zero-order valence-corrected chi connectivity index (χ0v) is 15.1. The predicted octanol–water partition coefficient (Wildman–Crippen LogP) is 3.88. The van der Waals surface area contributed by atoms with Gasteiger partial charge in [-0.2, -0.15) is 0 Å². The molecule has 1 heterocycles. The Morgan fingerprint density at radius 1 is 1.25 bits per heavy atom. The number of carboxylic acid groups (broad SMARTS) is 1. The summed E-state index contributed by atoms with van der Waals surface area (Å²) >= 11 is 1.49. The van der Waals surface area contributed by atoms with Crippen LogP contribution in [0.15, 0.2) is 41.8 Å². The van der Waals surface area contributed by atoms with Gasteiger partial charge >= 0.3 is 5.97 Å². The minimum Gasteiger partial charge on any atom is -0.492 e. The molecule has 1 aromatic carbocycles. The van der Waals surface area contributed by atoms with E-state index >= 15 is 0 Å². The highest BCUT2D eigenvalue weighted by Gasteiger charge is 2.21. The van der Waals surface area contributed by atoms with Crippen LogP contribution in [0.1, 0.15) is 30.2 Å². The summed E-state index contributed by atoms with van der Waals surface area (Å²) in [5.41, 5.74) is 0.983. The Hall–Kier alpha value is -1.85. The Kier molecular flexibility index (Phi) is 7.28. The molecule has 1 atom stereocenters. The summed E-state index contributed by atoms with van der Waals surface area (Å²) in [7, 11) is 0. The number of thiophene rings is 1. The van der Waals surface area contributed by atoms with E-state index in [9.17, 15) is 9.90 Å². The zero-order valence-electron chi connectivity index (χ0n) is 14.3. The summed E-state index contributed by atoms with van der Waals surface area (Å²) in [5, 5.41) is 11.4. The Bertz CT molecular complexity index is 623. The third-order valence-corrected chi connectivity index (χ3v) is 5.08. The summed E-state index contributed by atoms with van der Waals surface area (Å²) in [4.78, 5) is 14.8. The van der Waals surface area contributed by atoms with Crippen LogP contribution in [0.5, 0.6) is 5.75 Å². The van der Waals surface area contributed by atoms with Crippen molar-refractivity contribution in [3.8, 4) is 5.75 Å². The van der Waals surface area contributed by atoms with Crippen molar-refractivity contribution in [2.45, 2.75) is 26.2 Å². The maximum absolute atomic E-state index is 11.6. The van der Waals surface area contributed by atoms with E-state index in [1.165, 1.54) is 11.3 Å². The van der Waals surface area contributed by atoms with Gasteiger partial charge in [-0.3, -0.25) is 4.79 Å². The minimum atomic E-state index is -0.787. The highest BCUT2D eigenvalue weighted by atomic mass is 32.1. The van der Waals surface area contributed by atoms with Crippen LogP contribution in [0.4, 0.5) is 0 Å². The SMILES string of the molecule is CCN(CC)CCOc1cccc(CC(C(=O)O)c2cccs2)c1. The molecular formula is C19H25NO3S. The maximum atomic E-state index is 11.6. The normalized spacial score (nSPS) is 12.3. The van der Waals surface area contributed by atoms with Crippen molar-refractivity contribution in [2.75, 3.05) is 26.2 Å². The molecule has 1 aromatic heterocycles. The molecule has 0 radical (unpaired) electrons. The monoisotopic (exact) mass is 347 g/mol. The Labute approximate surface area is 147 Å². The second kappa shape index (κ2) is 9.45. The molecule has 0 amide bonds. The van der Waals surface area contributed by atoms with Crippen molar-refractivity contribution in [3.05, 3.63) is 52.2 Å². The molecule has 0 aliphatic rings. The largest absolute Gasteiger partial charge is 0.492 e. The zero-order chi connectivity index (χ0) is 17.4. The molecule has 4 nitrogen and oxygen atoms in total. The molecule has 5 heteroatoms. The van der Waals surface area contributed by atoms with Crippen LogP contribution in [0.3, 0.4) is 0 Å². The predicted molar refractivity (Wildman–Crippen MR) is 98.1 cm³/mol.